The molecule has 0 aromatic heterocycles. The number of carbonyl (C=O) groups is 1. The maximum atomic E-state index is 11.1. The molecule has 2 rings (SSSR count). The van der Waals surface area contributed by atoms with Gasteiger partial charge in [-0.05, 0) is 6.07 Å². The van der Waals surface area contributed by atoms with E-state index in [1.54, 1.807) is 0 Å². The number of nitro benzene ring substituents is 1. The van der Waals surface area contributed by atoms with Crippen LogP contribution in [0.1, 0.15) is 18.0 Å². The zero-order valence-electron chi connectivity index (χ0n) is 8.68. The van der Waals surface area contributed by atoms with E-state index in [0.717, 1.165) is 0 Å². The summed E-state index contributed by atoms with van der Waals surface area (Å²) in [6.45, 7) is 0.273. The average Bonchev–Trinajstić information content (AvgIpc) is 2.29. The Morgan fingerprint density at radius 2 is 2.29 bits per heavy atom. The third-order valence-electron chi connectivity index (χ3n) is 2.50. The van der Waals surface area contributed by atoms with Gasteiger partial charge in [0.05, 0.1) is 17.6 Å². The van der Waals surface area contributed by atoms with E-state index in [1.165, 1.54) is 18.2 Å². The van der Waals surface area contributed by atoms with Gasteiger partial charge in [-0.2, -0.15) is 0 Å². The Labute approximate surface area is 102 Å². The van der Waals surface area contributed by atoms with Crippen molar-refractivity contribution >= 4 is 23.4 Å². The molecule has 1 heterocycles. The normalized spacial score (nSPS) is 19.4. The van der Waals surface area contributed by atoms with Gasteiger partial charge in [0, 0.05) is 29.1 Å². The molecule has 1 amide bonds. The Morgan fingerprint density at radius 1 is 1.53 bits per heavy atom. The van der Waals surface area contributed by atoms with Crippen LogP contribution in [-0.4, -0.2) is 17.6 Å². The van der Waals surface area contributed by atoms with Crippen LogP contribution >= 0.6 is 11.6 Å². The Hall–Kier alpha value is -1.82. The predicted octanol–water partition coefficient (Wildman–Crippen LogP) is 2.42. The molecule has 7 heteroatoms. The fourth-order valence-electron chi connectivity index (χ4n) is 1.67. The minimum Gasteiger partial charge on any atom is -0.449 e. The van der Waals surface area contributed by atoms with Crippen molar-refractivity contribution in [2.75, 3.05) is 6.61 Å². The quantitative estimate of drug-likeness (QED) is 0.651. The summed E-state index contributed by atoms with van der Waals surface area (Å²) in [6, 6.07) is 3.81. The minimum atomic E-state index is -0.538. The molecule has 1 atom stereocenters. The Bertz CT molecular complexity index is 477. The number of rotatable bonds is 2. The molecule has 1 aliphatic heterocycles. The van der Waals surface area contributed by atoms with Gasteiger partial charge >= 0.3 is 6.09 Å². The summed E-state index contributed by atoms with van der Waals surface area (Å²) in [7, 11) is 0. The topological polar surface area (TPSA) is 81.5 Å². The summed E-state index contributed by atoms with van der Waals surface area (Å²) in [6.07, 6.45) is -0.00377. The lowest BCUT2D eigenvalue weighted by atomic mass is 10.0. The molecule has 1 aliphatic rings. The lowest BCUT2D eigenvalue weighted by Gasteiger charge is -2.24. The fraction of sp³-hybridized carbons (Fsp3) is 0.300. The van der Waals surface area contributed by atoms with E-state index in [0.29, 0.717) is 17.0 Å². The summed E-state index contributed by atoms with van der Waals surface area (Å²) in [4.78, 5) is 21.2. The van der Waals surface area contributed by atoms with Crippen molar-refractivity contribution in [1.82, 2.24) is 5.32 Å². The van der Waals surface area contributed by atoms with Crippen molar-refractivity contribution in [2.24, 2.45) is 0 Å². The van der Waals surface area contributed by atoms with Crippen LogP contribution in [0.5, 0.6) is 0 Å². The highest BCUT2D eigenvalue weighted by molar-refractivity contribution is 6.31. The van der Waals surface area contributed by atoms with Crippen molar-refractivity contribution in [3.05, 3.63) is 38.9 Å². The SMILES string of the molecule is O=C1N[C@H](c2cc([N+](=O)[O-])ccc2Cl)CCO1. The van der Waals surface area contributed by atoms with E-state index in [4.69, 9.17) is 16.3 Å². The van der Waals surface area contributed by atoms with Gasteiger partial charge in [-0.1, -0.05) is 11.6 Å². The molecule has 0 saturated carbocycles. The monoisotopic (exact) mass is 256 g/mol. The van der Waals surface area contributed by atoms with Gasteiger partial charge in [-0.15, -0.1) is 0 Å². The molecular formula is C10H9ClN2O4. The highest BCUT2D eigenvalue weighted by atomic mass is 35.5. The van der Waals surface area contributed by atoms with Gasteiger partial charge in [-0.3, -0.25) is 10.1 Å². The molecule has 1 aromatic rings. The first-order chi connectivity index (χ1) is 8.08. The van der Waals surface area contributed by atoms with Crippen molar-refractivity contribution in [2.45, 2.75) is 12.5 Å². The third kappa shape index (κ3) is 2.47. The lowest BCUT2D eigenvalue weighted by Crippen LogP contribution is -2.35. The molecular weight excluding hydrogens is 248 g/mol. The third-order valence-corrected chi connectivity index (χ3v) is 2.84. The standard InChI is InChI=1S/C10H9ClN2O4/c11-8-2-1-6(13(15)16)5-7(8)9-3-4-17-10(14)12-9/h1-2,5,9H,3-4H2,(H,12,14)/t9-/m0/s1. The number of alkyl carbamates (subject to hydrolysis) is 1. The van der Waals surface area contributed by atoms with E-state index in [-0.39, 0.29) is 18.3 Å². The number of hydrogen-bond acceptors (Lipinski definition) is 4. The molecule has 0 unspecified atom stereocenters. The van der Waals surface area contributed by atoms with Gasteiger partial charge in [0.25, 0.3) is 5.69 Å². The second-order valence-corrected chi connectivity index (χ2v) is 3.99. The van der Waals surface area contributed by atoms with E-state index in [9.17, 15) is 14.9 Å². The van der Waals surface area contributed by atoms with Gasteiger partial charge < -0.3 is 10.1 Å². The first-order valence-electron chi connectivity index (χ1n) is 4.95. The zero-order chi connectivity index (χ0) is 12.4. The van der Waals surface area contributed by atoms with Crippen LogP contribution in [0.15, 0.2) is 18.2 Å². The number of benzene rings is 1. The maximum Gasteiger partial charge on any atom is 0.407 e. The fourth-order valence-corrected chi connectivity index (χ4v) is 1.92. The lowest BCUT2D eigenvalue weighted by molar-refractivity contribution is -0.384. The van der Waals surface area contributed by atoms with Crippen molar-refractivity contribution in [3.63, 3.8) is 0 Å². The zero-order valence-corrected chi connectivity index (χ0v) is 9.44. The summed E-state index contributed by atoms with van der Waals surface area (Å²) in [5.74, 6) is 0. The van der Waals surface area contributed by atoms with Crippen LogP contribution in [0, 0.1) is 10.1 Å². The Morgan fingerprint density at radius 3 is 2.94 bits per heavy atom. The van der Waals surface area contributed by atoms with Gasteiger partial charge in [-0.25, -0.2) is 4.79 Å². The van der Waals surface area contributed by atoms with Crippen LogP contribution in [-0.2, 0) is 4.74 Å². The second kappa shape index (κ2) is 4.58. The molecule has 1 N–H and O–H groups in total. The molecule has 0 aliphatic carbocycles. The van der Waals surface area contributed by atoms with Crippen molar-refractivity contribution in [3.8, 4) is 0 Å². The molecule has 1 saturated heterocycles. The van der Waals surface area contributed by atoms with Crippen LogP contribution in [0.25, 0.3) is 0 Å². The highest BCUT2D eigenvalue weighted by Crippen LogP contribution is 2.30. The number of ether oxygens (including phenoxy) is 1. The first kappa shape index (κ1) is 11.7. The number of halogens is 1. The first-order valence-corrected chi connectivity index (χ1v) is 5.33. The summed E-state index contributed by atoms with van der Waals surface area (Å²) >= 11 is 5.97. The van der Waals surface area contributed by atoms with Crippen LogP contribution in [0.2, 0.25) is 5.02 Å². The number of non-ortho nitro benzene ring substituents is 1. The largest absolute Gasteiger partial charge is 0.449 e. The molecule has 0 radical (unpaired) electrons. The Kier molecular flexibility index (Phi) is 3.14. The molecule has 1 fully saturated rings. The molecule has 17 heavy (non-hydrogen) atoms. The summed E-state index contributed by atoms with van der Waals surface area (Å²) in [5, 5.41) is 13.6. The number of nitrogens with one attached hydrogen (secondary N) is 1. The van der Waals surface area contributed by atoms with E-state index < -0.39 is 11.0 Å². The van der Waals surface area contributed by atoms with Gasteiger partial charge in [0.1, 0.15) is 0 Å². The number of cyclic esters (lactones) is 1. The van der Waals surface area contributed by atoms with Gasteiger partial charge in [0.15, 0.2) is 0 Å². The number of nitro groups is 1. The predicted molar refractivity (Wildman–Crippen MR) is 59.9 cm³/mol. The molecule has 1 aromatic carbocycles. The second-order valence-electron chi connectivity index (χ2n) is 3.58. The van der Waals surface area contributed by atoms with E-state index in [1.807, 2.05) is 0 Å². The van der Waals surface area contributed by atoms with Gasteiger partial charge in [0.2, 0.25) is 0 Å². The van der Waals surface area contributed by atoms with E-state index >= 15 is 0 Å². The minimum absolute atomic E-state index is 0.0508. The molecule has 90 valence electrons. The maximum absolute atomic E-state index is 11.1. The molecule has 6 nitrogen and oxygen atoms in total. The molecule has 0 spiro atoms. The number of amides is 1. The number of nitrogens with zero attached hydrogens (tertiary/aromatic N) is 1. The van der Waals surface area contributed by atoms with Crippen LogP contribution < -0.4 is 5.32 Å². The van der Waals surface area contributed by atoms with Crippen LogP contribution in [0.3, 0.4) is 0 Å². The van der Waals surface area contributed by atoms with E-state index in [2.05, 4.69) is 5.32 Å². The summed E-state index contributed by atoms with van der Waals surface area (Å²) in [5.41, 5.74) is 0.489. The Balaban J connectivity index is 2.33. The number of carbonyl (C=O) groups excluding carboxylic acids is 1. The van der Waals surface area contributed by atoms with Crippen molar-refractivity contribution < 1.29 is 14.5 Å². The summed E-state index contributed by atoms with van der Waals surface area (Å²) < 4.78 is 4.72. The highest BCUT2D eigenvalue weighted by Gasteiger charge is 2.24. The molecule has 0 bridgehead atoms. The smallest absolute Gasteiger partial charge is 0.407 e. The van der Waals surface area contributed by atoms with Crippen molar-refractivity contribution in [1.29, 1.82) is 0 Å². The number of hydrogen-bond donors (Lipinski definition) is 1. The average molecular weight is 257 g/mol. The van der Waals surface area contributed by atoms with Crippen LogP contribution in [0.4, 0.5) is 10.5 Å².